The quantitative estimate of drug-likeness (QED) is 0.0110. The van der Waals surface area contributed by atoms with Crippen molar-refractivity contribution in [2.45, 2.75) is 141 Å². The first-order chi connectivity index (χ1) is 31.2. The average molecular weight is 955 g/mol. The second-order valence-corrected chi connectivity index (χ2v) is 17.3. The Morgan fingerprint density at radius 1 is 0.538 bits per heavy atom. The molecule has 0 radical (unpaired) electrons. The highest BCUT2D eigenvalue weighted by atomic mass is 31.2. The van der Waals surface area contributed by atoms with E-state index in [2.05, 4.69) is 77.6 Å². The van der Waals surface area contributed by atoms with E-state index in [0.717, 1.165) is 44.9 Å². The molecular weight excluding hydrogens is 878 g/mol. The average Bonchev–Trinajstić information content (AvgIpc) is 3.26. The van der Waals surface area contributed by atoms with Crippen molar-refractivity contribution in [1.82, 2.24) is 0 Å². The first kappa shape index (κ1) is 61.4. The number of esters is 2. The number of phosphoric ester groups is 2. The van der Waals surface area contributed by atoms with Crippen LogP contribution in [0, 0.1) is 0 Å². The van der Waals surface area contributed by atoms with Crippen molar-refractivity contribution in [3.8, 4) is 0 Å². The largest absolute Gasteiger partial charge is 0.472 e. The summed E-state index contributed by atoms with van der Waals surface area (Å²) in [7, 11) is -9.80. The number of rotatable bonds is 40. The lowest BCUT2D eigenvalue weighted by atomic mass is 10.1. The van der Waals surface area contributed by atoms with Crippen LogP contribution >= 0.6 is 15.6 Å². The lowest BCUT2D eigenvalue weighted by molar-refractivity contribution is -0.161. The molecule has 1 unspecified atom stereocenters. The fraction of sp³-hybridized carbons (Fsp3) is 0.542. The Morgan fingerprint density at radius 2 is 1.06 bits per heavy atom. The van der Waals surface area contributed by atoms with Gasteiger partial charge in [0.2, 0.25) is 0 Å². The molecule has 6 N–H and O–H groups in total. The Bertz CT molecular complexity index is 1640. The summed E-state index contributed by atoms with van der Waals surface area (Å²) in [6.07, 6.45) is 45.5. The van der Waals surface area contributed by atoms with Gasteiger partial charge in [0.15, 0.2) is 6.10 Å². The molecule has 0 aromatic rings. The zero-order valence-corrected chi connectivity index (χ0v) is 40.0. The van der Waals surface area contributed by atoms with Crippen molar-refractivity contribution < 1.29 is 71.8 Å². The number of unbranched alkanes of at least 4 members (excludes halogenated alkanes) is 3. The highest BCUT2D eigenvalue weighted by Gasteiger charge is 2.28. The van der Waals surface area contributed by atoms with Crippen molar-refractivity contribution >= 4 is 27.6 Å². The highest BCUT2D eigenvalue weighted by Crippen LogP contribution is 2.43. The lowest BCUT2D eigenvalue weighted by Gasteiger charge is -2.20. The Morgan fingerprint density at radius 3 is 1.63 bits per heavy atom. The number of hydrogen-bond acceptors (Lipinski definition) is 12. The third-order valence-electron chi connectivity index (χ3n) is 8.53. The van der Waals surface area contributed by atoms with E-state index in [-0.39, 0.29) is 25.7 Å². The van der Waals surface area contributed by atoms with Crippen LogP contribution in [0.1, 0.15) is 117 Å². The second-order valence-electron chi connectivity index (χ2n) is 14.6. The van der Waals surface area contributed by atoms with Gasteiger partial charge < -0.3 is 39.5 Å². The molecule has 17 heteroatoms. The molecule has 0 spiro atoms. The van der Waals surface area contributed by atoms with E-state index in [4.69, 9.17) is 23.8 Å². The summed E-state index contributed by atoms with van der Waals surface area (Å²) >= 11 is 0. The minimum absolute atomic E-state index is 0.0542. The molecule has 0 aliphatic rings. The molecule has 0 saturated carbocycles. The minimum Gasteiger partial charge on any atom is -0.462 e. The van der Waals surface area contributed by atoms with Crippen LogP contribution in [0.15, 0.2) is 122 Å². The van der Waals surface area contributed by atoms with Crippen LogP contribution < -0.4 is 0 Å². The number of carbonyl (C=O) groups excluding carboxylic acids is 2. The number of carbonyl (C=O) groups is 2. The normalized spacial score (nSPS) is 16.0. The molecule has 0 saturated heterocycles. The van der Waals surface area contributed by atoms with E-state index in [1.165, 1.54) is 12.8 Å². The van der Waals surface area contributed by atoms with Crippen LogP contribution in [-0.4, -0.2) is 92.8 Å². The van der Waals surface area contributed by atoms with Gasteiger partial charge in [-0.15, -0.1) is 0 Å². The number of phosphoric acid groups is 2. The summed E-state index contributed by atoms with van der Waals surface area (Å²) in [5.74, 6) is -1.38. The Kier molecular flexibility index (Phi) is 39.5. The van der Waals surface area contributed by atoms with Gasteiger partial charge in [-0.25, -0.2) is 9.13 Å². The van der Waals surface area contributed by atoms with Gasteiger partial charge in [0.05, 0.1) is 32.0 Å². The molecular formula is C48H76O15P2. The smallest absolute Gasteiger partial charge is 0.462 e. The van der Waals surface area contributed by atoms with E-state index < -0.39 is 78.4 Å². The standard InChI is InChI=1S/C48H76O15P2/c1-3-5-7-9-11-12-13-14-15-16-17-18-19-20-21-22-23-25-31-37-48(53)63-46(42-62-65(57,58)61-40-45(51)39-60-64(54,55)56)41-59-47(52)38-32-36-44(50)35-30-27-26-29-34-43(49)33-28-24-10-8-6-4-2/h5,7,11-12,14-15,17-18,20-21,23-30,34-35,43-46,49-51H,3-4,6,8-10,13,16,19,22,31-33,36-42H2,1-2H3,(H,57,58)(H2,54,55,56)/b7-5-,12-11-,15-14-,18-17-,21-20-,25-23-,27-26+,28-24-,34-29+,35-30-/t43-,44-,45+,46-/m1/s1. The molecule has 5 atom stereocenters. The zero-order chi connectivity index (χ0) is 48.3. The van der Waals surface area contributed by atoms with E-state index in [1.54, 1.807) is 36.5 Å². The summed E-state index contributed by atoms with van der Waals surface area (Å²) < 4.78 is 47.5. The third-order valence-corrected chi connectivity index (χ3v) is 9.96. The van der Waals surface area contributed by atoms with Crippen molar-refractivity contribution in [2.75, 3.05) is 26.4 Å². The molecule has 0 fully saturated rings. The molecule has 65 heavy (non-hydrogen) atoms. The van der Waals surface area contributed by atoms with Crippen LogP contribution in [0.2, 0.25) is 0 Å². The van der Waals surface area contributed by atoms with Crippen molar-refractivity contribution in [2.24, 2.45) is 0 Å². The second kappa shape index (κ2) is 41.8. The molecule has 368 valence electrons. The van der Waals surface area contributed by atoms with E-state index in [0.29, 0.717) is 19.3 Å². The number of hydrogen-bond donors (Lipinski definition) is 6. The Balaban J connectivity index is 4.89. The maximum atomic E-state index is 12.7. The summed E-state index contributed by atoms with van der Waals surface area (Å²) in [6.45, 7) is 1.20. The van der Waals surface area contributed by atoms with E-state index in [9.17, 15) is 38.9 Å². The van der Waals surface area contributed by atoms with Crippen LogP contribution in [0.25, 0.3) is 0 Å². The van der Waals surface area contributed by atoms with E-state index in [1.807, 2.05) is 30.4 Å². The maximum absolute atomic E-state index is 12.7. The molecule has 0 rings (SSSR count). The van der Waals surface area contributed by atoms with Crippen molar-refractivity contribution in [3.05, 3.63) is 122 Å². The maximum Gasteiger partial charge on any atom is 0.472 e. The van der Waals surface area contributed by atoms with Crippen LogP contribution in [-0.2, 0) is 41.8 Å². The predicted molar refractivity (Wildman–Crippen MR) is 255 cm³/mol. The molecule has 0 aromatic heterocycles. The van der Waals surface area contributed by atoms with Gasteiger partial charge in [0.1, 0.15) is 12.7 Å². The summed E-state index contributed by atoms with van der Waals surface area (Å²) in [4.78, 5) is 52.7. The van der Waals surface area contributed by atoms with Gasteiger partial charge in [0.25, 0.3) is 0 Å². The van der Waals surface area contributed by atoms with E-state index >= 15 is 0 Å². The number of ether oxygens (including phenoxy) is 2. The topological polar surface area (TPSA) is 236 Å². The Hall–Kier alpha value is -3.56. The molecule has 0 aliphatic carbocycles. The van der Waals surface area contributed by atoms with Crippen molar-refractivity contribution in [1.29, 1.82) is 0 Å². The summed E-state index contributed by atoms with van der Waals surface area (Å²) in [5, 5.41) is 30.0. The highest BCUT2D eigenvalue weighted by molar-refractivity contribution is 7.47. The summed E-state index contributed by atoms with van der Waals surface area (Å²) in [6, 6.07) is 0. The summed E-state index contributed by atoms with van der Waals surface area (Å²) in [5.41, 5.74) is 0. The van der Waals surface area contributed by atoms with Gasteiger partial charge in [-0.1, -0.05) is 148 Å². The number of aliphatic hydroxyl groups excluding tert-OH is 3. The van der Waals surface area contributed by atoms with Gasteiger partial charge in [-0.3, -0.25) is 23.2 Å². The number of allylic oxidation sites excluding steroid dienone is 17. The van der Waals surface area contributed by atoms with Crippen molar-refractivity contribution in [3.63, 3.8) is 0 Å². The van der Waals surface area contributed by atoms with Crippen LogP contribution in [0.3, 0.4) is 0 Å². The number of aliphatic hydroxyl groups is 3. The molecule has 0 bridgehead atoms. The molecule has 15 nitrogen and oxygen atoms in total. The van der Waals surface area contributed by atoms with Crippen LogP contribution in [0.5, 0.6) is 0 Å². The fourth-order valence-corrected chi connectivity index (χ4v) is 6.25. The van der Waals surface area contributed by atoms with Gasteiger partial charge in [0, 0.05) is 12.8 Å². The minimum atomic E-state index is -4.91. The molecule has 0 aromatic carbocycles. The Labute approximate surface area is 387 Å². The fourth-order valence-electron chi connectivity index (χ4n) is 5.10. The first-order valence-electron chi connectivity index (χ1n) is 22.4. The third kappa shape index (κ3) is 45.4. The van der Waals surface area contributed by atoms with Crippen LogP contribution in [0.4, 0.5) is 0 Å². The molecule has 0 aliphatic heterocycles. The molecule has 0 heterocycles. The first-order valence-corrected chi connectivity index (χ1v) is 25.5. The zero-order valence-electron chi connectivity index (χ0n) is 38.3. The lowest BCUT2D eigenvalue weighted by Crippen LogP contribution is -2.30. The van der Waals surface area contributed by atoms with Gasteiger partial charge in [-0.05, 0) is 77.0 Å². The SMILES string of the molecule is CC/C=C\C/C=C\C/C=C\C/C=C\C/C=C\C/C=C\CCC(=O)O[C@H](COC(=O)CCC[C@H](O)\C=C/C=C/C=C/[C@H](O)C/C=C\CCCCC)COP(=O)(O)OC[C@@H](O)COP(=O)(O)O. The van der Waals surface area contributed by atoms with Gasteiger partial charge in [-0.2, -0.15) is 0 Å². The van der Waals surface area contributed by atoms with Gasteiger partial charge >= 0.3 is 27.6 Å². The predicted octanol–water partition coefficient (Wildman–Crippen LogP) is 9.61. The molecule has 0 amide bonds. The monoisotopic (exact) mass is 954 g/mol.